The number of nitrogens with one attached hydrogen (secondary N) is 2. The van der Waals surface area contributed by atoms with Crippen LogP contribution in [-0.4, -0.2) is 39.9 Å². The largest absolute Gasteiger partial charge is 0.496 e. The van der Waals surface area contributed by atoms with Gasteiger partial charge in [0.1, 0.15) is 5.75 Å². The zero-order valence-corrected chi connectivity index (χ0v) is 15.5. The number of benzene rings is 1. The Labute approximate surface area is 140 Å². The van der Waals surface area contributed by atoms with Crippen LogP contribution in [0.15, 0.2) is 23.2 Å². The van der Waals surface area contributed by atoms with Gasteiger partial charge >= 0.3 is 0 Å². The van der Waals surface area contributed by atoms with Gasteiger partial charge in [0.05, 0.1) is 13.2 Å². The van der Waals surface area contributed by atoms with Crippen LogP contribution in [0.5, 0.6) is 5.75 Å². The molecule has 0 amide bonds. The highest BCUT2D eigenvalue weighted by Gasteiger charge is 2.24. The molecular formula is C18H31N3O2. The van der Waals surface area contributed by atoms with E-state index in [4.69, 9.17) is 9.47 Å². The van der Waals surface area contributed by atoms with E-state index < -0.39 is 0 Å². The topological polar surface area (TPSA) is 54.9 Å². The number of guanidine groups is 1. The lowest BCUT2D eigenvalue weighted by molar-refractivity contribution is 0.0205. The number of aryl methyl sites for hydroxylation is 1. The molecule has 0 aliphatic rings. The molecule has 130 valence electrons. The molecule has 5 nitrogen and oxygen atoms in total. The zero-order chi connectivity index (χ0) is 17.5. The summed E-state index contributed by atoms with van der Waals surface area (Å²) in [5, 5.41) is 6.65. The van der Waals surface area contributed by atoms with Gasteiger partial charge in [-0.05, 0) is 29.5 Å². The summed E-state index contributed by atoms with van der Waals surface area (Å²) in [4.78, 5) is 4.26. The van der Waals surface area contributed by atoms with Gasteiger partial charge in [0.25, 0.3) is 0 Å². The van der Waals surface area contributed by atoms with E-state index in [-0.39, 0.29) is 11.5 Å². The molecule has 0 radical (unpaired) electrons. The van der Waals surface area contributed by atoms with Gasteiger partial charge < -0.3 is 20.1 Å². The predicted molar refractivity (Wildman–Crippen MR) is 96.2 cm³/mol. The fourth-order valence-corrected chi connectivity index (χ4v) is 2.39. The third kappa shape index (κ3) is 6.10. The second kappa shape index (κ2) is 8.77. The molecule has 23 heavy (non-hydrogen) atoms. The SMILES string of the molecule is CN=C(NCc1ccc(OC)c(C)c1)NCC(OC)C(C)(C)C. The number of ether oxygens (including phenoxy) is 2. The van der Waals surface area contributed by atoms with E-state index in [1.54, 1.807) is 21.3 Å². The molecule has 0 saturated carbocycles. The molecular weight excluding hydrogens is 290 g/mol. The summed E-state index contributed by atoms with van der Waals surface area (Å²) in [6.45, 7) is 9.96. The molecule has 0 aliphatic heterocycles. The van der Waals surface area contributed by atoms with Crippen molar-refractivity contribution >= 4 is 5.96 Å². The normalized spacial score (nSPS) is 13.6. The van der Waals surface area contributed by atoms with E-state index >= 15 is 0 Å². The van der Waals surface area contributed by atoms with Gasteiger partial charge in [0, 0.05) is 27.2 Å². The second-order valence-electron chi connectivity index (χ2n) is 6.70. The Morgan fingerprint density at radius 1 is 1.22 bits per heavy atom. The van der Waals surface area contributed by atoms with Gasteiger partial charge in [0.15, 0.2) is 5.96 Å². The van der Waals surface area contributed by atoms with E-state index in [0.717, 1.165) is 17.3 Å². The number of rotatable bonds is 6. The van der Waals surface area contributed by atoms with Gasteiger partial charge in [-0.3, -0.25) is 4.99 Å². The number of hydrogen-bond donors (Lipinski definition) is 2. The first kappa shape index (κ1) is 19.3. The highest BCUT2D eigenvalue weighted by atomic mass is 16.5. The van der Waals surface area contributed by atoms with Crippen molar-refractivity contribution in [1.29, 1.82) is 0 Å². The Kier molecular flexibility index (Phi) is 7.36. The number of hydrogen-bond acceptors (Lipinski definition) is 3. The average molecular weight is 321 g/mol. The second-order valence-corrected chi connectivity index (χ2v) is 6.70. The highest BCUT2D eigenvalue weighted by molar-refractivity contribution is 5.79. The summed E-state index contributed by atoms with van der Waals surface area (Å²) in [6.07, 6.45) is 0.115. The zero-order valence-electron chi connectivity index (χ0n) is 15.5. The summed E-state index contributed by atoms with van der Waals surface area (Å²) in [6, 6.07) is 6.16. The first-order valence-electron chi connectivity index (χ1n) is 7.92. The van der Waals surface area contributed by atoms with Gasteiger partial charge in [-0.2, -0.15) is 0 Å². The minimum atomic E-state index is 0.0771. The number of methoxy groups -OCH3 is 2. The minimum absolute atomic E-state index is 0.0771. The van der Waals surface area contributed by atoms with Crippen LogP contribution in [0.1, 0.15) is 31.9 Å². The smallest absolute Gasteiger partial charge is 0.191 e. The van der Waals surface area contributed by atoms with Crippen LogP contribution in [0.2, 0.25) is 0 Å². The molecule has 1 rings (SSSR count). The van der Waals surface area contributed by atoms with Crippen molar-refractivity contribution in [1.82, 2.24) is 10.6 Å². The van der Waals surface area contributed by atoms with Crippen LogP contribution in [0.3, 0.4) is 0 Å². The maximum atomic E-state index is 5.55. The highest BCUT2D eigenvalue weighted by Crippen LogP contribution is 2.21. The van der Waals surface area contributed by atoms with Crippen LogP contribution in [0.4, 0.5) is 0 Å². The Morgan fingerprint density at radius 3 is 2.39 bits per heavy atom. The van der Waals surface area contributed by atoms with Crippen LogP contribution < -0.4 is 15.4 Å². The van der Waals surface area contributed by atoms with Gasteiger partial charge in [0.2, 0.25) is 0 Å². The Morgan fingerprint density at radius 2 is 1.91 bits per heavy atom. The third-order valence-corrected chi connectivity index (χ3v) is 3.85. The summed E-state index contributed by atoms with van der Waals surface area (Å²) in [5.41, 5.74) is 2.39. The van der Waals surface area contributed by atoms with Crippen molar-refractivity contribution in [2.24, 2.45) is 10.4 Å². The maximum absolute atomic E-state index is 5.55. The molecule has 0 aromatic heterocycles. The molecule has 5 heteroatoms. The summed E-state index contributed by atoms with van der Waals surface area (Å²) >= 11 is 0. The van der Waals surface area contributed by atoms with E-state index in [1.807, 2.05) is 13.0 Å². The van der Waals surface area contributed by atoms with Crippen molar-refractivity contribution in [2.45, 2.75) is 40.3 Å². The van der Waals surface area contributed by atoms with E-state index in [9.17, 15) is 0 Å². The molecule has 0 heterocycles. The van der Waals surface area contributed by atoms with Crippen molar-refractivity contribution in [3.05, 3.63) is 29.3 Å². The number of aliphatic imine (C=N–C) groups is 1. The molecule has 0 aliphatic carbocycles. The lowest BCUT2D eigenvalue weighted by Crippen LogP contribution is -2.45. The molecule has 1 aromatic carbocycles. The Bertz CT molecular complexity index is 521. The van der Waals surface area contributed by atoms with Crippen molar-refractivity contribution < 1.29 is 9.47 Å². The van der Waals surface area contributed by atoms with E-state index in [1.165, 1.54) is 5.56 Å². The minimum Gasteiger partial charge on any atom is -0.496 e. The van der Waals surface area contributed by atoms with Crippen LogP contribution >= 0.6 is 0 Å². The first-order valence-corrected chi connectivity index (χ1v) is 7.92. The Hall–Kier alpha value is -1.75. The third-order valence-electron chi connectivity index (χ3n) is 3.85. The van der Waals surface area contributed by atoms with Crippen LogP contribution in [-0.2, 0) is 11.3 Å². The fraction of sp³-hybridized carbons (Fsp3) is 0.611. The van der Waals surface area contributed by atoms with Gasteiger partial charge in [-0.25, -0.2) is 0 Å². The summed E-state index contributed by atoms with van der Waals surface area (Å²) < 4.78 is 10.8. The van der Waals surface area contributed by atoms with Gasteiger partial charge in [-0.1, -0.05) is 32.9 Å². The first-order chi connectivity index (χ1) is 10.8. The quantitative estimate of drug-likeness (QED) is 0.625. The summed E-state index contributed by atoms with van der Waals surface area (Å²) in [7, 11) is 5.20. The molecule has 0 spiro atoms. The molecule has 0 fully saturated rings. The van der Waals surface area contributed by atoms with Crippen LogP contribution in [0.25, 0.3) is 0 Å². The van der Waals surface area contributed by atoms with Crippen LogP contribution in [0, 0.1) is 12.3 Å². The standard InChI is InChI=1S/C18H31N3O2/c1-13-10-14(8-9-15(13)22-6)11-20-17(19-5)21-12-16(23-7)18(2,3)4/h8-10,16H,11-12H2,1-7H3,(H2,19,20,21). The lowest BCUT2D eigenvalue weighted by Gasteiger charge is -2.30. The van der Waals surface area contributed by atoms with Crippen molar-refractivity contribution in [3.63, 3.8) is 0 Å². The maximum Gasteiger partial charge on any atom is 0.191 e. The molecule has 1 atom stereocenters. The van der Waals surface area contributed by atoms with Crippen molar-refractivity contribution in [3.8, 4) is 5.75 Å². The lowest BCUT2D eigenvalue weighted by atomic mass is 9.89. The average Bonchev–Trinajstić information content (AvgIpc) is 2.49. The van der Waals surface area contributed by atoms with Gasteiger partial charge in [-0.15, -0.1) is 0 Å². The predicted octanol–water partition coefficient (Wildman–Crippen LogP) is 2.73. The number of nitrogens with zero attached hydrogens (tertiary/aromatic N) is 1. The molecule has 1 unspecified atom stereocenters. The Balaban J connectivity index is 2.56. The van der Waals surface area contributed by atoms with E-state index in [2.05, 4.69) is 48.5 Å². The monoisotopic (exact) mass is 321 g/mol. The molecule has 1 aromatic rings. The molecule has 0 saturated heterocycles. The van der Waals surface area contributed by atoms with E-state index in [0.29, 0.717) is 13.1 Å². The molecule has 2 N–H and O–H groups in total. The summed E-state index contributed by atoms with van der Waals surface area (Å²) in [5.74, 6) is 1.68. The fourth-order valence-electron chi connectivity index (χ4n) is 2.39. The van der Waals surface area contributed by atoms with Crippen molar-refractivity contribution in [2.75, 3.05) is 27.8 Å². The molecule has 0 bridgehead atoms.